The summed E-state index contributed by atoms with van der Waals surface area (Å²) >= 11 is 0. The highest BCUT2D eigenvalue weighted by molar-refractivity contribution is 5.80. The summed E-state index contributed by atoms with van der Waals surface area (Å²) in [6.07, 6.45) is 4.30. The van der Waals surface area contributed by atoms with E-state index in [2.05, 4.69) is 4.90 Å². The normalized spacial score (nSPS) is 27.6. The third-order valence-electron chi connectivity index (χ3n) is 3.53. The van der Waals surface area contributed by atoms with Gasteiger partial charge in [-0.3, -0.25) is 9.69 Å². The van der Waals surface area contributed by atoms with Gasteiger partial charge in [-0.05, 0) is 38.1 Å². The summed E-state index contributed by atoms with van der Waals surface area (Å²) in [5.74, 6) is 0.540. The van der Waals surface area contributed by atoms with E-state index in [4.69, 9.17) is 10.5 Å². The molecule has 4 heteroatoms. The third kappa shape index (κ3) is 3.19. The van der Waals surface area contributed by atoms with E-state index >= 15 is 0 Å². The summed E-state index contributed by atoms with van der Waals surface area (Å²) in [5, 5.41) is 0. The van der Waals surface area contributed by atoms with Crippen LogP contribution in [0, 0.1) is 5.92 Å². The summed E-state index contributed by atoms with van der Waals surface area (Å²) in [6.45, 7) is 3.81. The summed E-state index contributed by atoms with van der Waals surface area (Å²) in [7, 11) is 0. The zero-order valence-electron chi connectivity index (χ0n) is 9.15. The van der Waals surface area contributed by atoms with E-state index in [9.17, 15) is 4.79 Å². The van der Waals surface area contributed by atoms with Crippen LogP contribution >= 0.6 is 0 Å². The first kappa shape index (κ1) is 13.5. The van der Waals surface area contributed by atoms with E-state index in [1.807, 2.05) is 0 Å². The Balaban J connectivity index is 0.00000128. The Morgan fingerprint density at radius 2 is 2.06 bits per heavy atom. The summed E-state index contributed by atoms with van der Waals surface area (Å²) in [6, 6.07) is -0.00663. The zero-order valence-corrected chi connectivity index (χ0v) is 9.15. The molecular weight excluding hydrogens is 204 g/mol. The first-order valence-electron chi connectivity index (χ1n) is 5.88. The molecule has 0 unspecified atom stereocenters. The van der Waals surface area contributed by atoms with Gasteiger partial charge in [0.2, 0.25) is 5.91 Å². The fraction of sp³-hybridized carbons (Fsp3) is 0.917. The fourth-order valence-electron chi connectivity index (χ4n) is 2.63. The van der Waals surface area contributed by atoms with Crippen molar-refractivity contribution in [2.45, 2.75) is 39.2 Å². The van der Waals surface area contributed by atoms with Crippen molar-refractivity contribution in [3.05, 3.63) is 0 Å². The third-order valence-corrected chi connectivity index (χ3v) is 3.53. The number of nitrogens with zero attached hydrogens (tertiary/aromatic N) is 1. The number of primary amides is 1. The van der Waals surface area contributed by atoms with E-state index in [-0.39, 0.29) is 20.8 Å². The molecule has 2 N–H and O–H groups in total. The predicted molar refractivity (Wildman–Crippen MR) is 66.2 cm³/mol. The SMILES string of the molecule is C.NC(=O)[C@@H]1CCCN1CC1CCOCC1.[HH]. The van der Waals surface area contributed by atoms with Crippen LogP contribution in [0.3, 0.4) is 0 Å². The fourth-order valence-corrected chi connectivity index (χ4v) is 2.63. The van der Waals surface area contributed by atoms with E-state index in [0.717, 1.165) is 52.0 Å². The van der Waals surface area contributed by atoms with Gasteiger partial charge in [-0.15, -0.1) is 0 Å². The topological polar surface area (TPSA) is 55.6 Å². The Labute approximate surface area is 99.6 Å². The molecular formula is C12H26N2O2. The molecule has 0 aromatic rings. The van der Waals surface area contributed by atoms with Gasteiger partial charge in [0, 0.05) is 21.2 Å². The van der Waals surface area contributed by atoms with Crippen LogP contribution in [0.1, 0.15) is 34.5 Å². The molecule has 0 saturated carbocycles. The number of nitrogens with two attached hydrogens (primary N) is 1. The number of ether oxygens (including phenoxy) is 1. The van der Waals surface area contributed by atoms with Gasteiger partial charge < -0.3 is 10.5 Å². The second kappa shape index (κ2) is 6.21. The molecule has 2 aliphatic rings. The number of carbonyl (C=O) groups excluding carboxylic acids is 1. The second-order valence-electron chi connectivity index (χ2n) is 4.61. The molecule has 0 bridgehead atoms. The minimum Gasteiger partial charge on any atom is -0.381 e. The molecule has 0 aliphatic carbocycles. The van der Waals surface area contributed by atoms with E-state index < -0.39 is 0 Å². The Kier molecular flexibility index (Phi) is 5.22. The van der Waals surface area contributed by atoms with Crippen molar-refractivity contribution in [3.63, 3.8) is 0 Å². The minimum absolute atomic E-state index is 0. The Morgan fingerprint density at radius 3 is 2.69 bits per heavy atom. The van der Waals surface area contributed by atoms with Crippen LogP contribution in [0.5, 0.6) is 0 Å². The largest absolute Gasteiger partial charge is 0.381 e. The van der Waals surface area contributed by atoms with Crippen molar-refractivity contribution in [3.8, 4) is 0 Å². The number of rotatable bonds is 3. The van der Waals surface area contributed by atoms with Crippen LogP contribution in [0.15, 0.2) is 0 Å². The van der Waals surface area contributed by atoms with Crippen molar-refractivity contribution in [2.75, 3.05) is 26.3 Å². The quantitative estimate of drug-likeness (QED) is 0.793. The Hall–Kier alpha value is -0.610. The molecule has 0 radical (unpaired) electrons. The predicted octanol–water partition coefficient (Wildman–Crippen LogP) is 1.24. The maximum atomic E-state index is 11.2. The molecule has 2 fully saturated rings. The first-order valence-corrected chi connectivity index (χ1v) is 5.88. The highest BCUT2D eigenvalue weighted by Crippen LogP contribution is 2.22. The van der Waals surface area contributed by atoms with Crippen LogP contribution in [0.2, 0.25) is 0 Å². The van der Waals surface area contributed by atoms with Gasteiger partial charge >= 0.3 is 0 Å². The standard InChI is InChI=1S/C11H20N2O2.CH4.H2/c12-11(14)10-2-1-5-13(10)8-9-3-6-15-7-4-9;;/h9-10H,1-8H2,(H2,12,14);1H4;1H/t10-;;/m0../s1. The molecule has 2 aliphatic heterocycles. The molecule has 16 heavy (non-hydrogen) atoms. The zero-order chi connectivity index (χ0) is 10.7. The number of amides is 1. The average molecular weight is 230 g/mol. The number of hydrogen-bond acceptors (Lipinski definition) is 3. The van der Waals surface area contributed by atoms with Crippen LogP contribution in [-0.2, 0) is 9.53 Å². The van der Waals surface area contributed by atoms with Crippen molar-refractivity contribution in [1.82, 2.24) is 4.90 Å². The lowest BCUT2D eigenvalue weighted by molar-refractivity contribution is -0.122. The summed E-state index contributed by atoms with van der Waals surface area (Å²) in [5.41, 5.74) is 5.39. The lowest BCUT2D eigenvalue weighted by Crippen LogP contribution is -2.43. The lowest BCUT2D eigenvalue weighted by Gasteiger charge is -2.29. The Bertz CT molecular complexity index is 233. The molecule has 2 heterocycles. The molecule has 2 saturated heterocycles. The van der Waals surface area contributed by atoms with Crippen LogP contribution in [0.4, 0.5) is 0 Å². The Morgan fingerprint density at radius 1 is 1.38 bits per heavy atom. The minimum atomic E-state index is -0.153. The number of likely N-dealkylation sites (tertiary alicyclic amines) is 1. The van der Waals surface area contributed by atoms with E-state index in [1.54, 1.807) is 0 Å². The smallest absolute Gasteiger partial charge is 0.234 e. The molecule has 4 nitrogen and oxygen atoms in total. The second-order valence-corrected chi connectivity index (χ2v) is 4.61. The molecule has 0 spiro atoms. The van der Waals surface area contributed by atoms with E-state index in [1.165, 1.54) is 0 Å². The molecule has 1 atom stereocenters. The van der Waals surface area contributed by atoms with Gasteiger partial charge in [-0.2, -0.15) is 0 Å². The lowest BCUT2D eigenvalue weighted by atomic mass is 9.99. The first-order chi connectivity index (χ1) is 7.27. The average Bonchev–Trinajstić information content (AvgIpc) is 2.67. The highest BCUT2D eigenvalue weighted by Gasteiger charge is 2.30. The van der Waals surface area contributed by atoms with Crippen molar-refractivity contribution in [2.24, 2.45) is 11.7 Å². The highest BCUT2D eigenvalue weighted by atomic mass is 16.5. The van der Waals surface area contributed by atoms with Crippen LogP contribution in [-0.4, -0.2) is 43.2 Å². The van der Waals surface area contributed by atoms with Gasteiger partial charge in [-0.1, -0.05) is 7.43 Å². The molecule has 96 valence electrons. The molecule has 0 aromatic carbocycles. The monoisotopic (exact) mass is 230 g/mol. The van der Waals surface area contributed by atoms with Gasteiger partial charge in [0.1, 0.15) is 0 Å². The number of hydrogen-bond donors (Lipinski definition) is 1. The van der Waals surface area contributed by atoms with Crippen molar-refractivity contribution < 1.29 is 11.0 Å². The van der Waals surface area contributed by atoms with Gasteiger partial charge in [0.05, 0.1) is 6.04 Å². The molecule has 2 rings (SSSR count). The van der Waals surface area contributed by atoms with Crippen LogP contribution in [0.25, 0.3) is 0 Å². The van der Waals surface area contributed by atoms with Crippen molar-refractivity contribution in [1.29, 1.82) is 0 Å². The van der Waals surface area contributed by atoms with Gasteiger partial charge in [-0.25, -0.2) is 0 Å². The molecule has 1 amide bonds. The summed E-state index contributed by atoms with van der Waals surface area (Å²) in [4.78, 5) is 13.5. The number of carbonyl (C=O) groups is 1. The van der Waals surface area contributed by atoms with Gasteiger partial charge in [0.15, 0.2) is 0 Å². The summed E-state index contributed by atoms with van der Waals surface area (Å²) < 4.78 is 5.33. The molecule has 0 aromatic heterocycles. The maximum absolute atomic E-state index is 11.2. The van der Waals surface area contributed by atoms with Crippen LogP contribution < -0.4 is 5.73 Å². The maximum Gasteiger partial charge on any atom is 0.234 e. The van der Waals surface area contributed by atoms with Crippen molar-refractivity contribution >= 4 is 5.91 Å². The van der Waals surface area contributed by atoms with Gasteiger partial charge in [0.25, 0.3) is 0 Å². The van der Waals surface area contributed by atoms with E-state index in [0.29, 0.717) is 5.92 Å².